The molecule has 0 N–H and O–H groups in total. The van der Waals surface area contributed by atoms with Crippen LogP contribution in [0.15, 0.2) is 152 Å². The van der Waals surface area contributed by atoms with Crippen LogP contribution in [0.4, 0.5) is 22.7 Å². The number of para-hydroxylation sites is 3. The van der Waals surface area contributed by atoms with Crippen LogP contribution in [0.5, 0.6) is 11.6 Å². The Balaban J connectivity index is 1.07. The number of hydrogen-bond acceptors (Lipinski definition) is 5. The first-order chi connectivity index (χ1) is 26.5. The number of ether oxygens (including phenoxy) is 1. The summed E-state index contributed by atoms with van der Waals surface area (Å²) in [6, 6.07) is 49.5. The maximum Gasteiger partial charge on any atom is 0.221 e. The van der Waals surface area contributed by atoms with Gasteiger partial charge in [-0.15, -0.1) is 0 Å². The third kappa shape index (κ3) is 6.38. The largest absolute Gasteiger partial charge is 0.439 e. The number of rotatable bonds is 6. The molecular formula is C49H45N5O. The van der Waals surface area contributed by atoms with Gasteiger partial charge in [0.2, 0.25) is 5.88 Å². The maximum absolute atomic E-state index is 6.58. The van der Waals surface area contributed by atoms with Crippen LogP contribution in [0.3, 0.4) is 0 Å². The predicted molar refractivity (Wildman–Crippen MR) is 228 cm³/mol. The molecule has 0 unspecified atom stereocenters. The molecule has 55 heavy (non-hydrogen) atoms. The lowest BCUT2D eigenvalue weighted by Crippen LogP contribution is -2.24. The van der Waals surface area contributed by atoms with E-state index < -0.39 is 0 Å². The van der Waals surface area contributed by atoms with E-state index in [9.17, 15) is 0 Å². The van der Waals surface area contributed by atoms with E-state index in [2.05, 4.69) is 188 Å². The third-order valence-electron chi connectivity index (χ3n) is 10.7. The molecule has 272 valence electrons. The fourth-order valence-electron chi connectivity index (χ4n) is 7.66. The smallest absolute Gasteiger partial charge is 0.221 e. The Labute approximate surface area is 323 Å². The molecule has 4 heterocycles. The van der Waals surface area contributed by atoms with Crippen molar-refractivity contribution in [3.05, 3.63) is 163 Å². The lowest BCUT2D eigenvalue weighted by atomic mass is 9.85. The molecule has 1 aliphatic rings. The quantitative estimate of drug-likeness (QED) is 0.171. The van der Waals surface area contributed by atoms with E-state index in [4.69, 9.17) is 9.72 Å². The standard InChI is InChI=1S/C49H45N5O/c1-48(2,3)35-22-24-50-46(29-35)54-42-17-11-10-16-40(42)41-21-20-39(31-45(41)54)55-47-30-37(23-25-51-47)52-32-53(44-19-13-12-18-43(44)52)38-27-34(33-14-8-7-9-15-33)26-36(28-38)49(4,5)6/h7-31H,32H2,1-6H3. The molecule has 0 amide bonds. The van der Waals surface area contributed by atoms with E-state index in [-0.39, 0.29) is 10.8 Å². The molecule has 0 aliphatic carbocycles. The zero-order valence-corrected chi connectivity index (χ0v) is 32.3. The second kappa shape index (κ2) is 13.2. The van der Waals surface area contributed by atoms with Crippen molar-refractivity contribution in [1.29, 1.82) is 0 Å². The lowest BCUT2D eigenvalue weighted by Gasteiger charge is -2.26. The summed E-state index contributed by atoms with van der Waals surface area (Å²) in [4.78, 5) is 14.3. The van der Waals surface area contributed by atoms with Crippen molar-refractivity contribution in [2.45, 2.75) is 52.4 Å². The third-order valence-corrected chi connectivity index (χ3v) is 10.7. The van der Waals surface area contributed by atoms with E-state index in [0.717, 1.165) is 45.0 Å². The number of benzene rings is 5. The summed E-state index contributed by atoms with van der Waals surface area (Å²) in [5.41, 5.74) is 11.6. The maximum atomic E-state index is 6.58. The molecule has 0 saturated heterocycles. The minimum absolute atomic E-state index is 0.00411. The molecule has 0 fully saturated rings. The van der Waals surface area contributed by atoms with Gasteiger partial charge in [0.05, 0.1) is 22.4 Å². The topological polar surface area (TPSA) is 46.4 Å². The molecule has 8 aromatic rings. The van der Waals surface area contributed by atoms with Gasteiger partial charge in [0.1, 0.15) is 18.2 Å². The van der Waals surface area contributed by atoms with Crippen LogP contribution >= 0.6 is 0 Å². The normalized spacial score (nSPS) is 13.1. The van der Waals surface area contributed by atoms with Crippen LogP contribution in [0.2, 0.25) is 0 Å². The van der Waals surface area contributed by atoms with Crippen LogP contribution < -0.4 is 14.5 Å². The Bertz CT molecular complexity index is 2700. The molecule has 9 rings (SSSR count). The summed E-state index contributed by atoms with van der Waals surface area (Å²) in [5, 5.41) is 2.32. The number of pyridine rings is 2. The molecule has 0 bridgehead atoms. The molecule has 5 aromatic carbocycles. The van der Waals surface area contributed by atoms with Crippen molar-refractivity contribution in [2.75, 3.05) is 16.5 Å². The molecule has 1 aliphatic heterocycles. The SMILES string of the molecule is CC(C)(C)c1cc(-c2ccccc2)cc(N2CN(c3ccnc(Oc4ccc5c6ccccc6n(-c6cc(C(C)(C)C)ccn6)c5c4)c3)c3ccccc32)c1. The Kier molecular flexibility index (Phi) is 8.23. The Hall–Kier alpha value is -6.40. The van der Waals surface area contributed by atoms with Gasteiger partial charge in [-0.2, -0.15) is 0 Å². The summed E-state index contributed by atoms with van der Waals surface area (Å²) >= 11 is 0. The zero-order valence-electron chi connectivity index (χ0n) is 32.3. The van der Waals surface area contributed by atoms with E-state index >= 15 is 0 Å². The molecule has 0 atom stereocenters. The second-order valence-electron chi connectivity index (χ2n) is 16.5. The minimum Gasteiger partial charge on any atom is -0.439 e. The molecule has 6 heteroatoms. The molecule has 3 aromatic heterocycles. The number of aromatic nitrogens is 3. The highest BCUT2D eigenvalue weighted by atomic mass is 16.5. The van der Waals surface area contributed by atoms with Crippen molar-refractivity contribution in [3.8, 4) is 28.6 Å². The summed E-state index contributed by atoms with van der Waals surface area (Å²) in [5.74, 6) is 2.13. The van der Waals surface area contributed by atoms with E-state index in [1.165, 1.54) is 27.6 Å². The number of nitrogens with zero attached hydrogens (tertiary/aromatic N) is 5. The lowest BCUT2D eigenvalue weighted by molar-refractivity contribution is 0.463. The molecule has 0 spiro atoms. The first kappa shape index (κ1) is 34.4. The van der Waals surface area contributed by atoms with Gasteiger partial charge < -0.3 is 14.5 Å². The van der Waals surface area contributed by atoms with Gasteiger partial charge in [-0.25, -0.2) is 9.97 Å². The minimum atomic E-state index is -0.0137. The van der Waals surface area contributed by atoms with Crippen LogP contribution in [-0.4, -0.2) is 21.2 Å². The van der Waals surface area contributed by atoms with Gasteiger partial charge in [-0.1, -0.05) is 108 Å². The predicted octanol–water partition coefficient (Wildman–Crippen LogP) is 12.9. The summed E-state index contributed by atoms with van der Waals surface area (Å²) in [6.07, 6.45) is 3.74. The average molecular weight is 720 g/mol. The van der Waals surface area contributed by atoms with Crippen molar-refractivity contribution >= 4 is 44.6 Å². The summed E-state index contributed by atoms with van der Waals surface area (Å²) in [7, 11) is 0. The highest BCUT2D eigenvalue weighted by Crippen LogP contribution is 2.46. The summed E-state index contributed by atoms with van der Waals surface area (Å²) < 4.78 is 8.82. The van der Waals surface area contributed by atoms with Crippen molar-refractivity contribution in [3.63, 3.8) is 0 Å². The van der Waals surface area contributed by atoms with E-state index in [1.54, 1.807) is 0 Å². The van der Waals surface area contributed by atoms with Gasteiger partial charge in [-0.05, 0) is 93.7 Å². The molecular weight excluding hydrogens is 675 g/mol. The van der Waals surface area contributed by atoms with Gasteiger partial charge >= 0.3 is 0 Å². The van der Waals surface area contributed by atoms with Gasteiger partial charge in [0.15, 0.2) is 0 Å². The van der Waals surface area contributed by atoms with E-state index in [1.807, 2.05) is 24.5 Å². The van der Waals surface area contributed by atoms with Crippen molar-refractivity contribution < 1.29 is 4.74 Å². The fourth-order valence-corrected chi connectivity index (χ4v) is 7.66. The first-order valence-corrected chi connectivity index (χ1v) is 19.0. The van der Waals surface area contributed by atoms with Crippen LogP contribution in [0.25, 0.3) is 38.8 Å². The van der Waals surface area contributed by atoms with Gasteiger partial charge in [-0.3, -0.25) is 4.57 Å². The molecule has 0 saturated carbocycles. The summed E-state index contributed by atoms with van der Waals surface area (Å²) in [6.45, 7) is 14.2. The van der Waals surface area contributed by atoms with Gasteiger partial charge in [0, 0.05) is 46.7 Å². The monoisotopic (exact) mass is 719 g/mol. The van der Waals surface area contributed by atoms with Crippen LogP contribution in [0.1, 0.15) is 52.7 Å². The van der Waals surface area contributed by atoms with E-state index in [0.29, 0.717) is 18.3 Å². The van der Waals surface area contributed by atoms with Gasteiger partial charge in [0.25, 0.3) is 0 Å². The average Bonchev–Trinajstić information content (AvgIpc) is 3.74. The second-order valence-corrected chi connectivity index (χ2v) is 16.5. The first-order valence-electron chi connectivity index (χ1n) is 19.0. The molecule has 0 radical (unpaired) electrons. The van der Waals surface area contributed by atoms with Crippen LogP contribution in [-0.2, 0) is 10.8 Å². The molecule has 6 nitrogen and oxygen atoms in total. The Morgan fingerprint density at radius 3 is 1.95 bits per heavy atom. The zero-order chi connectivity index (χ0) is 37.9. The Morgan fingerprint density at radius 2 is 1.18 bits per heavy atom. The highest BCUT2D eigenvalue weighted by Gasteiger charge is 2.29. The van der Waals surface area contributed by atoms with Crippen molar-refractivity contribution in [2.24, 2.45) is 0 Å². The number of anilines is 4. The Morgan fingerprint density at radius 1 is 0.509 bits per heavy atom. The van der Waals surface area contributed by atoms with Crippen molar-refractivity contribution in [1.82, 2.24) is 14.5 Å². The fraction of sp³-hybridized carbons (Fsp3) is 0.184. The number of fused-ring (bicyclic) bond motifs is 4. The van der Waals surface area contributed by atoms with Crippen LogP contribution in [0, 0.1) is 0 Å². The highest BCUT2D eigenvalue weighted by molar-refractivity contribution is 6.09. The number of hydrogen-bond donors (Lipinski definition) is 0.